The maximum Gasteiger partial charge on any atom is 0.416 e. The molecule has 0 radical (unpaired) electrons. The quantitative estimate of drug-likeness (QED) is 0.732. The number of alkyl halides is 3. The molecule has 2 N–H and O–H groups in total. The van der Waals surface area contributed by atoms with Crippen LogP contribution in [0.25, 0.3) is 0 Å². The number of amides is 2. The number of aromatic carboxylic acids is 1. The Bertz CT molecular complexity index is 1050. The first kappa shape index (κ1) is 22.3. The van der Waals surface area contributed by atoms with Gasteiger partial charge >= 0.3 is 12.1 Å². The molecule has 1 unspecified atom stereocenters. The fourth-order valence-corrected chi connectivity index (χ4v) is 3.74. The lowest BCUT2D eigenvalue weighted by Crippen LogP contribution is -2.43. The molecule has 0 spiro atoms. The molecule has 1 heterocycles. The average Bonchev–Trinajstić information content (AvgIpc) is 2.71. The van der Waals surface area contributed by atoms with Crippen molar-refractivity contribution in [3.8, 4) is 0 Å². The van der Waals surface area contributed by atoms with Crippen LogP contribution in [0.3, 0.4) is 0 Å². The number of anilines is 1. The molecule has 1 fully saturated rings. The van der Waals surface area contributed by atoms with Crippen LogP contribution >= 0.6 is 11.8 Å². The van der Waals surface area contributed by atoms with Crippen molar-refractivity contribution in [2.75, 3.05) is 12.4 Å². The van der Waals surface area contributed by atoms with E-state index < -0.39 is 34.8 Å². The van der Waals surface area contributed by atoms with Gasteiger partial charge in [-0.25, -0.2) is 9.79 Å². The standard InChI is InChI=1S/C20H16F3N3O4S/c1-26-16(27)10-15(17(28)24-13-7-5-11(6-8-13)18(29)30)31-19(26)25-14-4-2-3-12(9-14)20(21,22)23/h2-9,15H,10H2,1H3,(H,24,28)(H,29,30). The molecule has 162 valence electrons. The molecule has 1 saturated heterocycles. The van der Waals surface area contributed by atoms with E-state index in [4.69, 9.17) is 5.11 Å². The molecule has 1 aliphatic heterocycles. The molecular formula is C20H16F3N3O4S. The van der Waals surface area contributed by atoms with E-state index in [0.29, 0.717) is 5.69 Å². The first-order valence-corrected chi connectivity index (χ1v) is 9.76. The number of aliphatic imine (C=N–C) groups is 1. The Balaban J connectivity index is 1.78. The third-order valence-corrected chi connectivity index (χ3v) is 5.60. The zero-order valence-electron chi connectivity index (χ0n) is 16.0. The summed E-state index contributed by atoms with van der Waals surface area (Å²) in [6.07, 6.45) is -4.65. The third-order valence-electron chi connectivity index (χ3n) is 4.36. The summed E-state index contributed by atoms with van der Waals surface area (Å²) in [5, 5.41) is 10.8. The Hall–Kier alpha value is -3.34. The van der Waals surface area contributed by atoms with E-state index in [9.17, 15) is 27.6 Å². The molecule has 0 aliphatic carbocycles. The number of nitrogens with zero attached hydrogens (tertiary/aromatic N) is 2. The predicted octanol–water partition coefficient (Wildman–Crippen LogP) is 3.99. The van der Waals surface area contributed by atoms with Gasteiger partial charge in [-0.1, -0.05) is 17.8 Å². The number of hydrogen-bond donors (Lipinski definition) is 2. The Morgan fingerprint density at radius 1 is 1.19 bits per heavy atom. The maximum atomic E-state index is 12.9. The summed E-state index contributed by atoms with van der Waals surface area (Å²) in [7, 11) is 1.43. The lowest BCUT2D eigenvalue weighted by Gasteiger charge is -2.28. The van der Waals surface area contributed by atoms with Gasteiger partial charge in [0.25, 0.3) is 0 Å². The lowest BCUT2D eigenvalue weighted by atomic mass is 10.2. The lowest BCUT2D eigenvalue weighted by molar-refractivity contribution is -0.137. The molecule has 31 heavy (non-hydrogen) atoms. The number of carboxylic acid groups (broad SMARTS) is 1. The van der Waals surface area contributed by atoms with Crippen molar-refractivity contribution in [3.63, 3.8) is 0 Å². The first-order valence-electron chi connectivity index (χ1n) is 8.88. The summed E-state index contributed by atoms with van der Waals surface area (Å²) in [6.45, 7) is 0. The minimum absolute atomic E-state index is 0.00212. The summed E-state index contributed by atoms with van der Waals surface area (Å²) in [6, 6.07) is 9.84. The van der Waals surface area contributed by atoms with Gasteiger partial charge in [0.15, 0.2) is 5.17 Å². The van der Waals surface area contributed by atoms with Crippen molar-refractivity contribution in [3.05, 3.63) is 59.7 Å². The SMILES string of the molecule is CN1C(=O)CC(C(=O)Nc2ccc(C(=O)O)cc2)SC1=Nc1cccc(C(F)(F)F)c1. The summed E-state index contributed by atoms with van der Waals surface area (Å²) < 4.78 is 38.8. The number of carbonyl (C=O) groups is 3. The van der Waals surface area contributed by atoms with Gasteiger partial charge in [0.1, 0.15) is 5.25 Å². The van der Waals surface area contributed by atoms with Crippen LogP contribution in [0.4, 0.5) is 24.5 Å². The molecule has 2 aromatic carbocycles. The van der Waals surface area contributed by atoms with Crippen molar-refractivity contribution >= 4 is 46.1 Å². The highest BCUT2D eigenvalue weighted by molar-refractivity contribution is 8.15. The van der Waals surface area contributed by atoms with Gasteiger partial charge in [0.05, 0.1) is 16.8 Å². The molecule has 1 aliphatic rings. The Morgan fingerprint density at radius 3 is 2.48 bits per heavy atom. The normalized spacial score (nSPS) is 18.2. The van der Waals surface area contributed by atoms with Crippen LogP contribution in [-0.4, -0.2) is 45.3 Å². The molecule has 11 heteroatoms. The second-order valence-corrected chi connectivity index (χ2v) is 7.75. The van der Waals surface area contributed by atoms with E-state index in [1.54, 1.807) is 0 Å². The van der Waals surface area contributed by atoms with Crippen LogP contribution in [0.5, 0.6) is 0 Å². The topological polar surface area (TPSA) is 99.1 Å². The number of benzene rings is 2. The van der Waals surface area contributed by atoms with E-state index in [-0.39, 0.29) is 22.8 Å². The van der Waals surface area contributed by atoms with Crippen LogP contribution < -0.4 is 5.32 Å². The van der Waals surface area contributed by atoms with Gasteiger partial charge in [0, 0.05) is 19.2 Å². The number of amidine groups is 1. The number of halogens is 3. The summed E-state index contributed by atoms with van der Waals surface area (Å²) in [5.41, 5.74) is -0.471. The maximum absolute atomic E-state index is 12.9. The fourth-order valence-electron chi connectivity index (χ4n) is 2.68. The van der Waals surface area contributed by atoms with E-state index in [1.165, 1.54) is 48.3 Å². The number of hydrogen-bond acceptors (Lipinski definition) is 5. The monoisotopic (exact) mass is 451 g/mol. The number of nitrogens with one attached hydrogen (secondary N) is 1. The van der Waals surface area contributed by atoms with Crippen molar-refractivity contribution in [1.29, 1.82) is 0 Å². The van der Waals surface area contributed by atoms with Crippen LogP contribution in [0.2, 0.25) is 0 Å². The Labute approximate surface area is 179 Å². The van der Waals surface area contributed by atoms with E-state index in [2.05, 4.69) is 10.3 Å². The highest BCUT2D eigenvalue weighted by Gasteiger charge is 2.34. The third kappa shape index (κ3) is 5.43. The van der Waals surface area contributed by atoms with Crippen LogP contribution in [-0.2, 0) is 15.8 Å². The van der Waals surface area contributed by atoms with Crippen molar-refractivity contribution < 1.29 is 32.7 Å². The minimum atomic E-state index is -4.53. The molecular weight excluding hydrogens is 435 g/mol. The Morgan fingerprint density at radius 2 is 1.87 bits per heavy atom. The van der Waals surface area contributed by atoms with Crippen molar-refractivity contribution in [1.82, 2.24) is 4.90 Å². The molecule has 0 bridgehead atoms. The van der Waals surface area contributed by atoms with Gasteiger partial charge in [-0.15, -0.1) is 0 Å². The Kier molecular flexibility index (Phi) is 6.34. The largest absolute Gasteiger partial charge is 0.478 e. The molecule has 2 amide bonds. The summed E-state index contributed by atoms with van der Waals surface area (Å²) in [5.74, 6) is -2.03. The van der Waals surface area contributed by atoms with Crippen molar-refractivity contribution in [2.24, 2.45) is 4.99 Å². The van der Waals surface area contributed by atoms with Crippen LogP contribution in [0, 0.1) is 0 Å². The van der Waals surface area contributed by atoms with Gasteiger partial charge < -0.3 is 10.4 Å². The van der Waals surface area contributed by atoms with E-state index in [1.807, 2.05) is 0 Å². The van der Waals surface area contributed by atoms with Gasteiger partial charge in [-0.2, -0.15) is 13.2 Å². The summed E-state index contributed by atoms with van der Waals surface area (Å²) >= 11 is 0.955. The number of rotatable bonds is 4. The van der Waals surface area contributed by atoms with Crippen LogP contribution in [0.15, 0.2) is 53.5 Å². The highest BCUT2D eigenvalue weighted by Crippen LogP contribution is 2.33. The highest BCUT2D eigenvalue weighted by atomic mass is 32.2. The molecule has 0 saturated carbocycles. The molecule has 7 nitrogen and oxygen atoms in total. The molecule has 0 aromatic heterocycles. The van der Waals surface area contributed by atoms with Gasteiger partial charge in [-0.05, 0) is 42.5 Å². The average molecular weight is 451 g/mol. The predicted molar refractivity (Wildman–Crippen MR) is 109 cm³/mol. The molecule has 1 atom stereocenters. The first-order chi connectivity index (χ1) is 14.5. The van der Waals surface area contributed by atoms with Gasteiger partial charge in [0.2, 0.25) is 11.8 Å². The molecule has 2 aromatic rings. The second-order valence-electron chi connectivity index (χ2n) is 6.58. The number of thioether (sulfide) groups is 1. The fraction of sp³-hybridized carbons (Fsp3) is 0.200. The molecule has 3 rings (SSSR count). The zero-order chi connectivity index (χ0) is 22.8. The number of carbonyl (C=O) groups excluding carboxylic acids is 2. The van der Waals surface area contributed by atoms with Gasteiger partial charge in [-0.3, -0.25) is 14.5 Å². The van der Waals surface area contributed by atoms with Crippen LogP contribution in [0.1, 0.15) is 22.3 Å². The summed E-state index contributed by atoms with van der Waals surface area (Å²) in [4.78, 5) is 41.1. The number of carboxylic acids is 1. The van der Waals surface area contributed by atoms with E-state index in [0.717, 1.165) is 23.9 Å². The zero-order valence-corrected chi connectivity index (χ0v) is 16.8. The minimum Gasteiger partial charge on any atom is -0.478 e. The smallest absolute Gasteiger partial charge is 0.416 e. The van der Waals surface area contributed by atoms with E-state index >= 15 is 0 Å². The van der Waals surface area contributed by atoms with Crippen molar-refractivity contribution in [2.45, 2.75) is 17.8 Å². The second kappa shape index (κ2) is 8.80.